The maximum absolute atomic E-state index is 11.5. The Kier molecular flexibility index (Phi) is 4.67. The van der Waals surface area contributed by atoms with Crippen LogP contribution in [-0.2, 0) is 4.79 Å². The van der Waals surface area contributed by atoms with Crippen LogP contribution in [0.2, 0.25) is 5.02 Å². The molecular weight excluding hydrogens is 410 g/mol. The van der Waals surface area contributed by atoms with Gasteiger partial charge >= 0.3 is 0 Å². The van der Waals surface area contributed by atoms with E-state index in [-0.39, 0.29) is 5.24 Å². The van der Waals surface area contributed by atoms with E-state index in [1.54, 1.807) is 24.3 Å². The second kappa shape index (κ2) is 6.54. The van der Waals surface area contributed by atoms with Gasteiger partial charge in [0.25, 0.3) is 11.1 Å². The van der Waals surface area contributed by atoms with Crippen molar-refractivity contribution in [3.8, 4) is 0 Å². The standard InChI is InChI=1S/C14H7BrClNO3S2/c15-10-5-8(6-11-12(18)17-14(19)22-11)20-13(10)21-9-3-1-7(16)2-4-9/h1-6H,(H,17,18,19)/b11-6-. The van der Waals surface area contributed by atoms with E-state index in [1.807, 2.05) is 12.1 Å². The Morgan fingerprint density at radius 1 is 1.27 bits per heavy atom. The molecule has 0 aliphatic carbocycles. The highest BCUT2D eigenvalue weighted by molar-refractivity contribution is 9.10. The van der Waals surface area contributed by atoms with E-state index in [2.05, 4.69) is 21.2 Å². The topological polar surface area (TPSA) is 59.3 Å². The third-order valence-electron chi connectivity index (χ3n) is 2.61. The molecular formula is C14H7BrClNO3S2. The first kappa shape index (κ1) is 15.7. The molecule has 3 rings (SSSR count). The predicted octanol–water partition coefficient (Wildman–Crippen LogP) is 5.17. The molecule has 2 amide bonds. The number of hydrogen-bond donors (Lipinski definition) is 1. The normalized spacial score (nSPS) is 16.4. The zero-order chi connectivity index (χ0) is 15.7. The Morgan fingerprint density at radius 2 is 2.00 bits per heavy atom. The zero-order valence-electron chi connectivity index (χ0n) is 10.8. The van der Waals surface area contributed by atoms with Crippen LogP contribution in [0.5, 0.6) is 0 Å². The molecule has 1 aromatic heterocycles. The van der Waals surface area contributed by atoms with Gasteiger partial charge in [-0.3, -0.25) is 14.9 Å². The third-order valence-corrected chi connectivity index (χ3v) is 5.52. The molecule has 0 unspecified atom stereocenters. The molecule has 1 fully saturated rings. The van der Waals surface area contributed by atoms with Crippen LogP contribution in [-0.4, -0.2) is 11.1 Å². The summed E-state index contributed by atoms with van der Waals surface area (Å²) in [5.74, 6) is 0.0881. The van der Waals surface area contributed by atoms with Crippen molar-refractivity contribution in [3.05, 3.63) is 50.5 Å². The Balaban J connectivity index is 1.82. The third kappa shape index (κ3) is 3.60. The number of hydrogen-bond acceptors (Lipinski definition) is 5. The fraction of sp³-hybridized carbons (Fsp3) is 0. The van der Waals surface area contributed by atoms with Crippen molar-refractivity contribution >= 4 is 68.3 Å². The number of imide groups is 1. The Hall–Kier alpha value is -1.15. The molecule has 0 saturated carbocycles. The average molecular weight is 417 g/mol. The second-order valence-electron chi connectivity index (χ2n) is 4.19. The maximum Gasteiger partial charge on any atom is 0.290 e. The SMILES string of the molecule is O=C1NC(=O)/C(=C/c2cc(Br)c(Sc3ccc(Cl)cc3)o2)S1. The van der Waals surface area contributed by atoms with Crippen molar-refractivity contribution in [2.45, 2.75) is 9.99 Å². The highest BCUT2D eigenvalue weighted by atomic mass is 79.9. The molecule has 0 atom stereocenters. The van der Waals surface area contributed by atoms with Gasteiger partial charge in [0.15, 0.2) is 5.09 Å². The van der Waals surface area contributed by atoms with Gasteiger partial charge in [-0.15, -0.1) is 0 Å². The molecule has 4 nitrogen and oxygen atoms in total. The van der Waals surface area contributed by atoms with Crippen molar-refractivity contribution in [2.75, 3.05) is 0 Å². The summed E-state index contributed by atoms with van der Waals surface area (Å²) in [5, 5.41) is 3.15. The van der Waals surface area contributed by atoms with Crippen molar-refractivity contribution in [1.82, 2.24) is 5.32 Å². The summed E-state index contributed by atoms with van der Waals surface area (Å²) in [5.41, 5.74) is 0. The number of amides is 2. The molecule has 1 aliphatic heterocycles. The van der Waals surface area contributed by atoms with Gasteiger partial charge in [0.1, 0.15) is 5.76 Å². The molecule has 0 radical (unpaired) electrons. The summed E-state index contributed by atoms with van der Waals surface area (Å²) in [6.45, 7) is 0. The minimum Gasteiger partial charge on any atom is -0.449 e. The average Bonchev–Trinajstić information content (AvgIpc) is 2.96. The van der Waals surface area contributed by atoms with Crippen LogP contribution in [0.1, 0.15) is 5.76 Å². The number of carbonyl (C=O) groups is 2. The number of benzene rings is 1. The minimum absolute atomic E-state index is 0.314. The smallest absolute Gasteiger partial charge is 0.290 e. The van der Waals surface area contributed by atoms with Gasteiger partial charge in [0.2, 0.25) is 0 Å². The van der Waals surface area contributed by atoms with E-state index in [9.17, 15) is 9.59 Å². The highest BCUT2D eigenvalue weighted by Crippen LogP contribution is 2.37. The van der Waals surface area contributed by atoms with Crippen LogP contribution in [0.3, 0.4) is 0 Å². The molecule has 2 heterocycles. The molecule has 22 heavy (non-hydrogen) atoms. The summed E-state index contributed by atoms with van der Waals surface area (Å²) in [7, 11) is 0. The fourth-order valence-electron chi connectivity index (χ4n) is 1.67. The van der Waals surface area contributed by atoms with Gasteiger partial charge in [-0.1, -0.05) is 23.4 Å². The van der Waals surface area contributed by atoms with Crippen LogP contribution >= 0.6 is 51.1 Å². The molecule has 1 N–H and O–H groups in total. The van der Waals surface area contributed by atoms with Crippen LogP contribution in [0.15, 0.2) is 54.1 Å². The molecule has 2 aromatic rings. The van der Waals surface area contributed by atoms with Gasteiger partial charge in [-0.2, -0.15) is 0 Å². The van der Waals surface area contributed by atoms with Gasteiger partial charge < -0.3 is 4.42 Å². The zero-order valence-corrected chi connectivity index (χ0v) is 14.7. The highest BCUT2D eigenvalue weighted by Gasteiger charge is 2.25. The monoisotopic (exact) mass is 415 g/mol. The first-order chi connectivity index (χ1) is 10.5. The summed E-state index contributed by atoms with van der Waals surface area (Å²) in [6.07, 6.45) is 1.54. The lowest BCUT2D eigenvalue weighted by atomic mass is 10.4. The fourth-order valence-corrected chi connectivity index (χ4v) is 3.79. The number of halogens is 2. The lowest BCUT2D eigenvalue weighted by Crippen LogP contribution is -2.17. The predicted molar refractivity (Wildman–Crippen MR) is 91.1 cm³/mol. The molecule has 1 aromatic carbocycles. The van der Waals surface area contributed by atoms with E-state index in [4.69, 9.17) is 16.0 Å². The quantitative estimate of drug-likeness (QED) is 0.699. The molecule has 112 valence electrons. The van der Waals surface area contributed by atoms with Crippen LogP contribution < -0.4 is 5.32 Å². The van der Waals surface area contributed by atoms with E-state index < -0.39 is 5.91 Å². The van der Waals surface area contributed by atoms with Gasteiger partial charge in [0.05, 0.1) is 9.38 Å². The maximum atomic E-state index is 11.5. The Morgan fingerprint density at radius 3 is 2.64 bits per heavy atom. The number of rotatable bonds is 3. The van der Waals surface area contributed by atoms with E-state index >= 15 is 0 Å². The number of nitrogens with one attached hydrogen (secondary N) is 1. The number of carbonyl (C=O) groups excluding carboxylic acids is 2. The van der Waals surface area contributed by atoms with E-state index in [1.165, 1.54) is 11.8 Å². The van der Waals surface area contributed by atoms with Crippen molar-refractivity contribution < 1.29 is 14.0 Å². The Labute approximate surface area is 147 Å². The van der Waals surface area contributed by atoms with Gasteiger partial charge in [0, 0.05) is 16.0 Å². The van der Waals surface area contributed by atoms with Crippen molar-refractivity contribution in [1.29, 1.82) is 0 Å². The summed E-state index contributed by atoms with van der Waals surface area (Å²) < 4.78 is 6.47. The number of thioether (sulfide) groups is 1. The van der Waals surface area contributed by atoms with Gasteiger partial charge in [-0.25, -0.2) is 0 Å². The van der Waals surface area contributed by atoms with Crippen molar-refractivity contribution in [2.24, 2.45) is 0 Å². The van der Waals surface area contributed by atoms with Crippen molar-refractivity contribution in [3.63, 3.8) is 0 Å². The molecule has 8 heteroatoms. The molecule has 1 aliphatic rings. The van der Waals surface area contributed by atoms with Crippen LogP contribution in [0.4, 0.5) is 4.79 Å². The van der Waals surface area contributed by atoms with E-state index in [0.717, 1.165) is 21.1 Å². The van der Waals surface area contributed by atoms with Crippen LogP contribution in [0, 0.1) is 0 Å². The number of furan rings is 1. The minimum atomic E-state index is -0.408. The second-order valence-corrected chi connectivity index (χ2v) is 7.54. The van der Waals surface area contributed by atoms with Crippen LogP contribution in [0.25, 0.3) is 6.08 Å². The van der Waals surface area contributed by atoms with E-state index in [0.29, 0.717) is 20.8 Å². The molecule has 1 saturated heterocycles. The first-order valence-corrected chi connectivity index (χ1v) is 8.79. The first-order valence-electron chi connectivity index (χ1n) is 5.99. The van der Waals surface area contributed by atoms with Gasteiger partial charge in [-0.05, 0) is 58.0 Å². The Bertz CT molecular complexity index is 786. The lowest BCUT2D eigenvalue weighted by Gasteiger charge is -1.98. The largest absolute Gasteiger partial charge is 0.449 e. The lowest BCUT2D eigenvalue weighted by molar-refractivity contribution is -0.115. The molecule has 0 bridgehead atoms. The summed E-state index contributed by atoms with van der Waals surface area (Å²) in [4.78, 5) is 23.9. The molecule has 0 spiro atoms. The summed E-state index contributed by atoms with van der Waals surface area (Å²) >= 11 is 11.6. The summed E-state index contributed by atoms with van der Waals surface area (Å²) in [6, 6.07) is 9.13.